The highest BCUT2D eigenvalue weighted by Crippen LogP contribution is 2.62. The molecule has 2 atom stereocenters. The number of benzene rings is 8. The first-order valence-electron chi connectivity index (χ1n) is 20.3. The second kappa shape index (κ2) is 12.1. The maximum atomic E-state index is 2.58. The molecule has 1 aliphatic carbocycles. The molecule has 2 nitrogen and oxygen atoms in total. The van der Waals surface area contributed by atoms with Crippen LogP contribution in [0.15, 0.2) is 210 Å². The second-order valence-corrected chi connectivity index (χ2v) is 17.0. The van der Waals surface area contributed by atoms with Crippen LogP contribution in [0.1, 0.15) is 45.7 Å². The topological polar surface area (TPSA) is 9.86 Å². The van der Waals surface area contributed by atoms with Crippen LogP contribution in [0, 0.1) is 0 Å². The SMILES string of the molecule is C1=C(c2ccccc2)C=C(n2c3ccccc3c3c4c(ccc32)C2(c3ccccc3S4)c3ccccc3-n3c4ccccc4c4cccc2c43)CC1c1ccccc1. The van der Waals surface area contributed by atoms with Gasteiger partial charge in [0, 0.05) is 43.0 Å². The summed E-state index contributed by atoms with van der Waals surface area (Å²) in [5, 5.41) is 5.22. The Morgan fingerprint density at radius 1 is 0.483 bits per heavy atom. The fourth-order valence-corrected chi connectivity index (χ4v) is 12.2. The van der Waals surface area contributed by atoms with Gasteiger partial charge in [0.1, 0.15) is 0 Å². The normalized spacial score (nSPS) is 18.0. The lowest BCUT2D eigenvalue weighted by Gasteiger charge is -2.45. The Kier molecular flexibility index (Phi) is 6.74. The molecule has 58 heavy (non-hydrogen) atoms. The van der Waals surface area contributed by atoms with E-state index in [2.05, 4.69) is 209 Å². The van der Waals surface area contributed by atoms with Crippen LogP contribution < -0.4 is 0 Å². The first-order chi connectivity index (χ1) is 28.8. The van der Waals surface area contributed by atoms with Crippen molar-refractivity contribution in [2.24, 2.45) is 0 Å². The van der Waals surface area contributed by atoms with Crippen LogP contribution in [0.3, 0.4) is 0 Å². The first kappa shape index (κ1) is 32.3. The maximum absolute atomic E-state index is 2.58. The standard InChI is InChI=1S/C55H36N2S/c1-3-16-35(17-4-1)37-32-38(36-18-5-2-6-19-36)34-39(33-37)56-48-27-12-8-21-42(48)52-50(56)31-30-46-54(52)58-51-29-14-10-24-44(51)55(46)43-23-9-13-28-49(43)57-47-26-11-7-20-40(47)41-22-15-25-45(55)53(41)57/h1-33,38H,34H2. The number of para-hydroxylation sites is 4. The molecule has 0 saturated heterocycles. The van der Waals surface area contributed by atoms with Gasteiger partial charge in [-0.15, -0.1) is 0 Å². The van der Waals surface area contributed by atoms with Crippen molar-refractivity contribution in [1.82, 2.24) is 9.13 Å². The largest absolute Gasteiger partial charge is 0.313 e. The molecule has 4 heterocycles. The average molecular weight is 757 g/mol. The van der Waals surface area contributed by atoms with Crippen molar-refractivity contribution < 1.29 is 0 Å². The summed E-state index contributed by atoms with van der Waals surface area (Å²) in [6.45, 7) is 0. The van der Waals surface area contributed by atoms with Gasteiger partial charge in [0.05, 0.1) is 33.2 Å². The van der Waals surface area contributed by atoms with Gasteiger partial charge in [-0.2, -0.15) is 0 Å². The fourth-order valence-electron chi connectivity index (χ4n) is 10.8. The van der Waals surface area contributed by atoms with Crippen molar-refractivity contribution in [2.75, 3.05) is 0 Å². The smallest absolute Gasteiger partial charge is 0.0764 e. The Morgan fingerprint density at radius 2 is 1.14 bits per heavy atom. The Labute approximate surface area is 341 Å². The zero-order chi connectivity index (χ0) is 38.0. The van der Waals surface area contributed by atoms with E-state index in [1.807, 2.05) is 11.8 Å². The van der Waals surface area contributed by atoms with E-state index in [-0.39, 0.29) is 5.92 Å². The lowest BCUT2D eigenvalue weighted by atomic mass is 9.62. The Bertz CT molecular complexity index is 3400. The third-order valence-corrected chi connectivity index (χ3v) is 14.3. The van der Waals surface area contributed by atoms with Crippen molar-refractivity contribution in [2.45, 2.75) is 27.5 Å². The molecule has 3 aliphatic rings. The van der Waals surface area contributed by atoms with Gasteiger partial charge < -0.3 is 9.13 Å². The Hall–Kier alpha value is -6.81. The van der Waals surface area contributed by atoms with Gasteiger partial charge in [-0.1, -0.05) is 176 Å². The average Bonchev–Trinajstić information content (AvgIpc) is 3.82. The van der Waals surface area contributed by atoms with E-state index in [4.69, 9.17) is 0 Å². The molecule has 0 bridgehead atoms. The minimum absolute atomic E-state index is 0.251. The molecule has 0 N–H and O–H groups in total. The third kappa shape index (κ3) is 4.24. The molecule has 1 spiro atoms. The van der Waals surface area contributed by atoms with Crippen LogP contribution in [0.4, 0.5) is 0 Å². The van der Waals surface area contributed by atoms with Crippen LogP contribution in [0.25, 0.3) is 60.6 Å². The Balaban J connectivity index is 1.13. The predicted octanol–water partition coefficient (Wildman–Crippen LogP) is 14.2. The van der Waals surface area contributed by atoms with Crippen molar-refractivity contribution in [3.05, 3.63) is 234 Å². The fraction of sp³-hybridized carbons (Fsp3) is 0.0545. The predicted molar refractivity (Wildman–Crippen MR) is 242 cm³/mol. The molecule has 8 aromatic carbocycles. The summed E-state index contributed by atoms with van der Waals surface area (Å²) >= 11 is 1.95. The molecule has 3 heteroatoms. The monoisotopic (exact) mass is 756 g/mol. The van der Waals surface area contributed by atoms with Crippen LogP contribution >= 0.6 is 11.8 Å². The number of nitrogens with zero attached hydrogens (tertiary/aromatic N) is 2. The summed E-state index contributed by atoms with van der Waals surface area (Å²) in [7, 11) is 0. The molecule has 0 amide bonds. The summed E-state index contributed by atoms with van der Waals surface area (Å²) in [5.74, 6) is 0.251. The Morgan fingerprint density at radius 3 is 1.98 bits per heavy atom. The van der Waals surface area contributed by atoms with Gasteiger partial charge in [-0.25, -0.2) is 0 Å². The number of hydrogen-bond acceptors (Lipinski definition) is 1. The molecule has 272 valence electrons. The molecule has 10 aromatic rings. The van der Waals surface area contributed by atoms with E-state index in [0.29, 0.717) is 0 Å². The molecule has 0 saturated carbocycles. The van der Waals surface area contributed by atoms with Gasteiger partial charge in [-0.05, 0) is 81.8 Å². The highest BCUT2D eigenvalue weighted by molar-refractivity contribution is 7.99. The minimum Gasteiger partial charge on any atom is -0.313 e. The van der Waals surface area contributed by atoms with Crippen molar-refractivity contribution in [3.8, 4) is 5.69 Å². The molecule has 2 aliphatic heterocycles. The van der Waals surface area contributed by atoms with Gasteiger partial charge in [0.2, 0.25) is 0 Å². The van der Waals surface area contributed by atoms with Crippen LogP contribution in [-0.4, -0.2) is 9.13 Å². The summed E-state index contributed by atoms with van der Waals surface area (Å²) in [4.78, 5) is 2.66. The van der Waals surface area contributed by atoms with Gasteiger partial charge >= 0.3 is 0 Å². The lowest BCUT2D eigenvalue weighted by Crippen LogP contribution is -2.37. The summed E-state index contributed by atoms with van der Waals surface area (Å²) in [6.07, 6.45) is 5.83. The van der Waals surface area contributed by atoms with Crippen LogP contribution in [0.2, 0.25) is 0 Å². The van der Waals surface area contributed by atoms with E-state index in [1.54, 1.807) is 0 Å². The second-order valence-electron chi connectivity index (χ2n) is 16.0. The molecular formula is C55H36N2S. The quantitative estimate of drug-likeness (QED) is 0.175. The highest BCUT2D eigenvalue weighted by atomic mass is 32.2. The zero-order valence-electron chi connectivity index (χ0n) is 31.6. The zero-order valence-corrected chi connectivity index (χ0v) is 32.5. The summed E-state index contributed by atoms with van der Waals surface area (Å²) in [6, 6.07) is 70.2. The summed E-state index contributed by atoms with van der Waals surface area (Å²) < 4.78 is 5.11. The van der Waals surface area contributed by atoms with Gasteiger partial charge in [0.15, 0.2) is 0 Å². The number of fused-ring (bicyclic) bond motifs is 15. The third-order valence-electron chi connectivity index (χ3n) is 13.1. The van der Waals surface area contributed by atoms with Crippen molar-refractivity contribution >= 4 is 66.6 Å². The van der Waals surface area contributed by atoms with Crippen LogP contribution in [-0.2, 0) is 5.41 Å². The number of rotatable bonds is 3. The number of allylic oxidation sites excluding steroid dienone is 4. The summed E-state index contributed by atoms with van der Waals surface area (Å²) in [5.41, 5.74) is 16.3. The van der Waals surface area contributed by atoms with Crippen LogP contribution in [0.5, 0.6) is 0 Å². The van der Waals surface area contributed by atoms with E-state index in [0.717, 1.165) is 6.42 Å². The lowest BCUT2D eigenvalue weighted by molar-refractivity contribution is 0.692. The molecule has 0 fully saturated rings. The van der Waals surface area contributed by atoms with E-state index in [1.165, 1.54) is 104 Å². The maximum Gasteiger partial charge on any atom is 0.0764 e. The van der Waals surface area contributed by atoms with Gasteiger partial charge in [-0.3, -0.25) is 0 Å². The number of hydrogen-bond donors (Lipinski definition) is 0. The first-order valence-corrected chi connectivity index (χ1v) is 21.1. The molecule has 13 rings (SSSR count). The highest BCUT2D eigenvalue weighted by Gasteiger charge is 2.50. The number of aromatic nitrogens is 2. The van der Waals surface area contributed by atoms with E-state index >= 15 is 0 Å². The minimum atomic E-state index is -0.527. The van der Waals surface area contributed by atoms with Crippen molar-refractivity contribution in [3.63, 3.8) is 0 Å². The molecule has 2 unspecified atom stereocenters. The van der Waals surface area contributed by atoms with E-state index in [9.17, 15) is 0 Å². The molecule has 0 radical (unpaired) electrons. The van der Waals surface area contributed by atoms with Gasteiger partial charge in [0.25, 0.3) is 0 Å². The molecule has 2 aromatic heterocycles. The molecular weight excluding hydrogens is 721 g/mol. The van der Waals surface area contributed by atoms with Crippen molar-refractivity contribution in [1.29, 1.82) is 0 Å². The van der Waals surface area contributed by atoms with E-state index < -0.39 is 5.41 Å².